The molecule has 0 spiro atoms. The lowest BCUT2D eigenvalue weighted by Gasteiger charge is -2.26. The number of hydrogen-bond donors (Lipinski definition) is 0. The van der Waals surface area contributed by atoms with Crippen LogP contribution >= 0.6 is 11.3 Å². The second-order valence-electron chi connectivity index (χ2n) is 13.3. The second-order valence-corrected chi connectivity index (χ2v) is 14.4. The first-order chi connectivity index (χ1) is 25.8. The second kappa shape index (κ2) is 12.7. The van der Waals surface area contributed by atoms with E-state index in [-0.39, 0.29) is 0 Å². The Balaban J connectivity index is 1.05. The van der Waals surface area contributed by atoms with Crippen molar-refractivity contribution in [2.45, 2.75) is 0 Å². The number of rotatable bonds is 6. The fourth-order valence-corrected chi connectivity index (χ4v) is 8.80. The summed E-state index contributed by atoms with van der Waals surface area (Å²) >= 11 is 1.87. The Morgan fingerprint density at radius 2 is 0.827 bits per heavy atom. The van der Waals surface area contributed by atoms with Gasteiger partial charge in [0.15, 0.2) is 0 Å². The molecule has 0 aliphatic rings. The maximum atomic E-state index is 2.37. The van der Waals surface area contributed by atoms with Gasteiger partial charge >= 0.3 is 0 Å². The van der Waals surface area contributed by atoms with Crippen LogP contribution in [0.25, 0.3) is 75.1 Å². The zero-order valence-electron chi connectivity index (χ0n) is 28.4. The summed E-state index contributed by atoms with van der Waals surface area (Å²) in [7, 11) is 0. The largest absolute Gasteiger partial charge is 0.311 e. The molecule has 1 nitrogen and oxygen atoms in total. The van der Waals surface area contributed by atoms with Crippen LogP contribution in [0.15, 0.2) is 200 Å². The molecule has 9 aromatic carbocycles. The molecule has 0 atom stereocenters. The van der Waals surface area contributed by atoms with Gasteiger partial charge in [0, 0.05) is 37.2 Å². The van der Waals surface area contributed by atoms with Crippen molar-refractivity contribution in [2.24, 2.45) is 0 Å². The average molecular weight is 680 g/mol. The van der Waals surface area contributed by atoms with Crippen molar-refractivity contribution in [3.63, 3.8) is 0 Å². The number of benzene rings is 9. The third-order valence-electron chi connectivity index (χ3n) is 10.3. The smallest absolute Gasteiger partial charge is 0.0462 e. The number of thiophene rings is 1. The van der Waals surface area contributed by atoms with E-state index in [2.05, 4.69) is 205 Å². The summed E-state index contributed by atoms with van der Waals surface area (Å²) in [5.74, 6) is 0. The Kier molecular flexibility index (Phi) is 7.41. The minimum absolute atomic E-state index is 1.11. The lowest BCUT2D eigenvalue weighted by Crippen LogP contribution is -2.09. The van der Waals surface area contributed by atoms with E-state index in [1.54, 1.807) is 0 Å². The van der Waals surface area contributed by atoms with Gasteiger partial charge in [0.2, 0.25) is 0 Å². The quantitative estimate of drug-likeness (QED) is 0.169. The Morgan fingerprint density at radius 1 is 0.308 bits per heavy atom. The summed E-state index contributed by atoms with van der Waals surface area (Å²) in [4.78, 5) is 2.35. The molecule has 0 bridgehead atoms. The Hall–Kier alpha value is -6.48. The number of hydrogen-bond acceptors (Lipinski definition) is 2. The van der Waals surface area contributed by atoms with Gasteiger partial charge in [0.25, 0.3) is 0 Å². The van der Waals surface area contributed by atoms with Crippen LogP contribution in [0.1, 0.15) is 0 Å². The molecule has 52 heavy (non-hydrogen) atoms. The van der Waals surface area contributed by atoms with Gasteiger partial charge in [-0.25, -0.2) is 0 Å². The van der Waals surface area contributed by atoms with Crippen molar-refractivity contribution in [1.82, 2.24) is 0 Å². The molecule has 0 amide bonds. The van der Waals surface area contributed by atoms with E-state index >= 15 is 0 Å². The van der Waals surface area contributed by atoms with Crippen molar-refractivity contribution < 1.29 is 0 Å². The summed E-state index contributed by atoms with van der Waals surface area (Å²) in [5.41, 5.74) is 10.6. The van der Waals surface area contributed by atoms with Gasteiger partial charge < -0.3 is 4.90 Å². The summed E-state index contributed by atoms with van der Waals surface area (Å²) < 4.78 is 2.67. The minimum Gasteiger partial charge on any atom is -0.311 e. The average Bonchev–Trinajstić information content (AvgIpc) is 3.61. The van der Waals surface area contributed by atoms with Crippen molar-refractivity contribution in [2.75, 3.05) is 4.90 Å². The molecule has 244 valence electrons. The molecule has 1 aromatic heterocycles. The van der Waals surface area contributed by atoms with Crippen LogP contribution in [-0.4, -0.2) is 0 Å². The maximum absolute atomic E-state index is 2.37. The molecule has 0 fully saturated rings. The van der Waals surface area contributed by atoms with Gasteiger partial charge in [-0.2, -0.15) is 0 Å². The highest BCUT2D eigenvalue weighted by Gasteiger charge is 2.15. The molecule has 0 saturated carbocycles. The Labute approximate surface area is 307 Å². The molecular formula is C50H33NS. The van der Waals surface area contributed by atoms with E-state index in [0.717, 1.165) is 17.1 Å². The first-order valence-corrected chi connectivity index (χ1v) is 18.6. The predicted molar refractivity (Wildman–Crippen MR) is 225 cm³/mol. The SMILES string of the molecule is c1ccc(-c2ccc(N(c3ccc(-c4ccc5ccc6sc7ccccc7c6c5c4)cc3)c3ccc(-c4cccc5ccccc45)cc3)cc2)cc1. The van der Waals surface area contributed by atoms with Crippen molar-refractivity contribution in [1.29, 1.82) is 0 Å². The minimum atomic E-state index is 1.11. The monoisotopic (exact) mass is 679 g/mol. The van der Waals surface area contributed by atoms with Crippen LogP contribution in [0.4, 0.5) is 17.1 Å². The third kappa shape index (κ3) is 5.33. The molecule has 0 aliphatic heterocycles. The van der Waals surface area contributed by atoms with Crippen molar-refractivity contribution >= 4 is 70.1 Å². The van der Waals surface area contributed by atoms with Gasteiger partial charge in [-0.3, -0.25) is 0 Å². The molecule has 0 saturated heterocycles. The molecular weight excluding hydrogens is 647 g/mol. The lowest BCUT2D eigenvalue weighted by atomic mass is 9.97. The molecule has 0 radical (unpaired) electrons. The van der Waals surface area contributed by atoms with Crippen LogP contribution in [0, 0.1) is 0 Å². The highest BCUT2D eigenvalue weighted by Crippen LogP contribution is 2.41. The first kappa shape index (κ1) is 30.4. The number of fused-ring (bicyclic) bond motifs is 6. The van der Waals surface area contributed by atoms with E-state index in [0.29, 0.717) is 0 Å². The molecule has 2 heteroatoms. The maximum Gasteiger partial charge on any atom is 0.0462 e. The molecule has 1 heterocycles. The lowest BCUT2D eigenvalue weighted by molar-refractivity contribution is 1.28. The van der Waals surface area contributed by atoms with E-state index in [4.69, 9.17) is 0 Å². The third-order valence-corrected chi connectivity index (χ3v) is 11.4. The Morgan fingerprint density at radius 3 is 1.56 bits per heavy atom. The molecule has 0 unspecified atom stereocenters. The van der Waals surface area contributed by atoms with Crippen molar-refractivity contribution in [3.05, 3.63) is 200 Å². The van der Waals surface area contributed by atoms with Crippen LogP contribution in [0.3, 0.4) is 0 Å². The van der Waals surface area contributed by atoms with E-state index in [9.17, 15) is 0 Å². The van der Waals surface area contributed by atoms with Gasteiger partial charge in [0.05, 0.1) is 0 Å². The molecule has 10 aromatic rings. The normalized spacial score (nSPS) is 11.5. The predicted octanol–water partition coefficient (Wildman–Crippen LogP) is 14.8. The zero-order valence-corrected chi connectivity index (χ0v) is 29.2. The van der Waals surface area contributed by atoms with E-state index in [1.165, 1.54) is 75.1 Å². The number of anilines is 3. The van der Waals surface area contributed by atoms with Crippen LogP contribution in [0.5, 0.6) is 0 Å². The summed E-state index contributed by atoms with van der Waals surface area (Å²) in [6.07, 6.45) is 0. The highest BCUT2D eigenvalue weighted by atomic mass is 32.1. The fourth-order valence-electron chi connectivity index (χ4n) is 7.67. The summed E-state index contributed by atoms with van der Waals surface area (Å²) in [6.45, 7) is 0. The topological polar surface area (TPSA) is 3.24 Å². The van der Waals surface area contributed by atoms with Gasteiger partial charge in [0.1, 0.15) is 0 Å². The van der Waals surface area contributed by atoms with Crippen molar-refractivity contribution in [3.8, 4) is 33.4 Å². The van der Waals surface area contributed by atoms with Crippen LogP contribution in [0.2, 0.25) is 0 Å². The number of nitrogens with zero attached hydrogens (tertiary/aromatic N) is 1. The first-order valence-electron chi connectivity index (χ1n) is 17.8. The molecule has 0 N–H and O–H groups in total. The van der Waals surface area contributed by atoms with E-state index in [1.807, 2.05) is 11.3 Å². The molecule has 10 rings (SSSR count). The fraction of sp³-hybridized carbons (Fsp3) is 0. The Bertz CT molecular complexity index is 2860. The molecule has 0 aliphatic carbocycles. The van der Waals surface area contributed by atoms with Crippen LogP contribution in [-0.2, 0) is 0 Å². The van der Waals surface area contributed by atoms with Gasteiger partial charge in [-0.05, 0) is 110 Å². The zero-order chi connectivity index (χ0) is 34.4. The standard InChI is InChI=1S/C50H33NS/c1-2-9-34(10-3-1)35-19-26-41(27-20-35)51(43-30-23-38(24-31-43)45-15-8-12-37-11-4-5-13-44(37)45)42-28-21-36(22-29-42)40-18-17-39-25-32-49-50(47(39)33-40)46-14-6-7-16-48(46)52-49/h1-33H. The summed E-state index contributed by atoms with van der Waals surface area (Å²) in [6, 6.07) is 72.8. The summed E-state index contributed by atoms with van der Waals surface area (Å²) in [5, 5.41) is 7.79. The highest BCUT2D eigenvalue weighted by molar-refractivity contribution is 7.26. The van der Waals surface area contributed by atoms with E-state index < -0.39 is 0 Å². The van der Waals surface area contributed by atoms with Gasteiger partial charge in [-0.1, -0.05) is 146 Å². The van der Waals surface area contributed by atoms with Gasteiger partial charge in [-0.15, -0.1) is 11.3 Å². The van der Waals surface area contributed by atoms with Crippen LogP contribution < -0.4 is 4.90 Å².